The van der Waals surface area contributed by atoms with Crippen molar-refractivity contribution in [3.63, 3.8) is 0 Å². The van der Waals surface area contributed by atoms with Crippen LogP contribution in [0, 0.1) is 0 Å². The van der Waals surface area contributed by atoms with Gasteiger partial charge in [0.25, 0.3) is 0 Å². The standard InChI is InChI=1S/C20H28N/c1-16(2)19-12-14-21(15-20(19)17(3)4)13-8-11-18-9-6-5-7-10-18/h5-7,9-10,12,14-17H,8,11,13H2,1-4H3/q+1. The second-order valence-corrected chi connectivity index (χ2v) is 6.49. The number of rotatable bonds is 6. The van der Waals surface area contributed by atoms with Crippen molar-refractivity contribution in [1.82, 2.24) is 0 Å². The van der Waals surface area contributed by atoms with E-state index in [4.69, 9.17) is 0 Å². The average molecular weight is 282 g/mol. The predicted octanol–water partition coefficient (Wildman–Crippen LogP) is 4.85. The fraction of sp³-hybridized carbons (Fsp3) is 0.450. The van der Waals surface area contributed by atoms with Crippen molar-refractivity contribution in [3.8, 4) is 0 Å². The van der Waals surface area contributed by atoms with Gasteiger partial charge in [-0.25, -0.2) is 4.57 Å². The van der Waals surface area contributed by atoms with Gasteiger partial charge < -0.3 is 0 Å². The number of hydrogen-bond donors (Lipinski definition) is 0. The zero-order valence-electron chi connectivity index (χ0n) is 13.8. The quantitative estimate of drug-likeness (QED) is 0.667. The second-order valence-electron chi connectivity index (χ2n) is 6.49. The molecule has 1 nitrogen and oxygen atoms in total. The highest BCUT2D eigenvalue weighted by Crippen LogP contribution is 2.24. The molecule has 0 atom stereocenters. The minimum Gasteiger partial charge on any atom is -0.205 e. The van der Waals surface area contributed by atoms with Crippen LogP contribution in [-0.4, -0.2) is 0 Å². The van der Waals surface area contributed by atoms with Gasteiger partial charge in [0.1, 0.15) is 6.54 Å². The Balaban J connectivity index is 2.02. The Kier molecular flexibility index (Phi) is 5.55. The Bertz CT molecular complexity index is 555. The maximum absolute atomic E-state index is 2.35. The van der Waals surface area contributed by atoms with E-state index in [0.29, 0.717) is 11.8 Å². The van der Waals surface area contributed by atoms with Crippen LogP contribution in [0.15, 0.2) is 48.8 Å². The molecule has 0 radical (unpaired) electrons. The maximum atomic E-state index is 2.35. The fourth-order valence-electron chi connectivity index (χ4n) is 2.83. The molecule has 0 spiro atoms. The molecule has 1 aromatic heterocycles. The van der Waals surface area contributed by atoms with E-state index in [2.05, 4.69) is 81.1 Å². The highest BCUT2D eigenvalue weighted by atomic mass is 14.9. The molecular formula is C20H28N+. The minimum absolute atomic E-state index is 0.587. The molecule has 0 aliphatic carbocycles. The summed E-state index contributed by atoms with van der Waals surface area (Å²) in [6, 6.07) is 13.1. The highest BCUT2D eigenvalue weighted by Gasteiger charge is 2.14. The normalized spacial score (nSPS) is 11.3. The largest absolute Gasteiger partial charge is 0.205 e. The van der Waals surface area contributed by atoms with Gasteiger partial charge in [0.05, 0.1) is 0 Å². The summed E-state index contributed by atoms with van der Waals surface area (Å²) in [5.41, 5.74) is 4.41. The van der Waals surface area contributed by atoms with E-state index < -0.39 is 0 Å². The third kappa shape index (κ3) is 4.42. The fourth-order valence-corrected chi connectivity index (χ4v) is 2.83. The zero-order chi connectivity index (χ0) is 15.2. The number of hydrogen-bond acceptors (Lipinski definition) is 0. The summed E-state index contributed by atoms with van der Waals surface area (Å²) >= 11 is 0. The second kappa shape index (κ2) is 7.40. The molecule has 1 heteroatoms. The Hall–Kier alpha value is -1.63. The number of benzene rings is 1. The smallest absolute Gasteiger partial charge is 0.172 e. The number of pyridine rings is 1. The van der Waals surface area contributed by atoms with Gasteiger partial charge in [0.2, 0.25) is 0 Å². The van der Waals surface area contributed by atoms with Gasteiger partial charge in [-0.05, 0) is 29.4 Å². The van der Waals surface area contributed by atoms with Crippen molar-refractivity contribution < 1.29 is 4.57 Å². The molecule has 0 N–H and O–H groups in total. The van der Waals surface area contributed by atoms with E-state index in [-0.39, 0.29) is 0 Å². The molecule has 1 aromatic carbocycles. The molecule has 2 aromatic rings. The van der Waals surface area contributed by atoms with Gasteiger partial charge in [-0.3, -0.25) is 0 Å². The summed E-state index contributed by atoms with van der Waals surface area (Å²) in [5, 5.41) is 0. The first kappa shape index (κ1) is 15.8. The van der Waals surface area contributed by atoms with Gasteiger partial charge in [0, 0.05) is 18.1 Å². The van der Waals surface area contributed by atoms with Crippen LogP contribution in [0.3, 0.4) is 0 Å². The van der Waals surface area contributed by atoms with E-state index in [1.54, 1.807) is 0 Å². The van der Waals surface area contributed by atoms with E-state index in [9.17, 15) is 0 Å². The first-order chi connectivity index (χ1) is 10.1. The predicted molar refractivity (Wildman–Crippen MR) is 89.6 cm³/mol. The molecule has 21 heavy (non-hydrogen) atoms. The van der Waals surface area contributed by atoms with Crippen LogP contribution in [0.2, 0.25) is 0 Å². The van der Waals surface area contributed by atoms with E-state index in [0.717, 1.165) is 13.0 Å². The number of nitrogens with zero attached hydrogens (tertiary/aromatic N) is 1. The molecule has 0 fully saturated rings. The van der Waals surface area contributed by atoms with Crippen LogP contribution in [0.4, 0.5) is 0 Å². The van der Waals surface area contributed by atoms with Crippen LogP contribution >= 0.6 is 0 Å². The van der Waals surface area contributed by atoms with Crippen LogP contribution in [0.1, 0.15) is 62.6 Å². The zero-order valence-corrected chi connectivity index (χ0v) is 13.8. The van der Waals surface area contributed by atoms with Crippen LogP contribution in [-0.2, 0) is 13.0 Å². The Morgan fingerprint density at radius 1 is 0.857 bits per heavy atom. The van der Waals surface area contributed by atoms with Gasteiger partial charge in [-0.15, -0.1) is 0 Å². The summed E-state index contributed by atoms with van der Waals surface area (Å²) in [7, 11) is 0. The van der Waals surface area contributed by atoms with Crippen LogP contribution in [0.25, 0.3) is 0 Å². The molecule has 0 aliphatic heterocycles. The summed E-state index contributed by atoms with van der Waals surface area (Å²) < 4.78 is 2.35. The molecule has 0 saturated heterocycles. The molecule has 0 amide bonds. The van der Waals surface area contributed by atoms with Crippen molar-refractivity contribution in [1.29, 1.82) is 0 Å². The van der Waals surface area contributed by atoms with Crippen LogP contribution < -0.4 is 4.57 Å². The molecular weight excluding hydrogens is 254 g/mol. The van der Waals surface area contributed by atoms with Crippen molar-refractivity contribution >= 4 is 0 Å². The molecule has 0 bridgehead atoms. The third-order valence-corrected chi connectivity index (χ3v) is 4.05. The Labute approximate surface area is 129 Å². The Morgan fingerprint density at radius 3 is 2.14 bits per heavy atom. The summed E-state index contributed by atoms with van der Waals surface area (Å²) in [5.74, 6) is 1.19. The molecule has 2 rings (SSSR count). The molecule has 0 saturated carbocycles. The average Bonchev–Trinajstić information content (AvgIpc) is 2.48. The monoisotopic (exact) mass is 282 g/mol. The number of aromatic nitrogens is 1. The van der Waals surface area contributed by atoms with Gasteiger partial charge in [-0.1, -0.05) is 58.0 Å². The summed E-state index contributed by atoms with van der Waals surface area (Å²) in [6.07, 6.45) is 6.93. The van der Waals surface area contributed by atoms with Crippen molar-refractivity contribution in [2.45, 2.75) is 58.9 Å². The Morgan fingerprint density at radius 2 is 1.52 bits per heavy atom. The van der Waals surface area contributed by atoms with Gasteiger partial charge >= 0.3 is 0 Å². The first-order valence-electron chi connectivity index (χ1n) is 8.14. The van der Waals surface area contributed by atoms with Crippen molar-refractivity contribution in [3.05, 3.63) is 65.5 Å². The summed E-state index contributed by atoms with van der Waals surface area (Å²) in [6.45, 7) is 10.2. The lowest BCUT2D eigenvalue weighted by Gasteiger charge is -2.14. The van der Waals surface area contributed by atoms with E-state index in [1.165, 1.54) is 23.1 Å². The van der Waals surface area contributed by atoms with Gasteiger partial charge in [-0.2, -0.15) is 0 Å². The number of aryl methyl sites for hydroxylation is 2. The maximum Gasteiger partial charge on any atom is 0.172 e. The highest BCUT2D eigenvalue weighted by molar-refractivity contribution is 5.27. The third-order valence-electron chi connectivity index (χ3n) is 4.05. The summed E-state index contributed by atoms with van der Waals surface area (Å²) in [4.78, 5) is 0. The lowest BCUT2D eigenvalue weighted by Crippen LogP contribution is -2.34. The van der Waals surface area contributed by atoms with Crippen molar-refractivity contribution in [2.24, 2.45) is 0 Å². The molecule has 112 valence electrons. The first-order valence-corrected chi connectivity index (χ1v) is 8.14. The molecule has 1 heterocycles. The van der Waals surface area contributed by atoms with E-state index in [1.807, 2.05) is 0 Å². The van der Waals surface area contributed by atoms with Gasteiger partial charge in [0.15, 0.2) is 12.4 Å². The molecule has 0 unspecified atom stereocenters. The topological polar surface area (TPSA) is 3.88 Å². The van der Waals surface area contributed by atoms with Crippen molar-refractivity contribution in [2.75, 3.05) is 0 Å². The van der Waals surface area contributed by atoms with Crippen LogP contribution in [0.5, 0.6) is 0 Å². The molecule has 0 aliphatic rings. The minimum atomic E-state index is 0.587. The lowest BCUT2D eigenvalue weighted by atomic mass is 9.92. The SMILES string of the molecule is CC(C)c1cc[n+](CCCc2ccccc2)cc1C(C)C. The van der Waals surface area contributed by atoms with E-state index >= 15 is 0 Å². The lowest BCUT2D eigenvalue weighted by molar-refractivity contribution is -0.697.